The van der Waals surface area contributed by atoms with Gasteiger partial charge in [-0.2, -0.15) is 32.8 Å². The van der Waals surface area contributed by atoms with E-state index in [0.29, 0.717) is 37.6 Å². The summed E-state index contributed by atoms with van der Waals surface area (Å²) in [5.41, 5.74) is 11.0. The van der Waals surface area contributed by atoms with Crippen molar-refractivity contribution in [1.29, 1.82) is 0 Å². The number of aryl methyl sites for hydroxylation is 1. The third-order valence-electron chi connectivity index (χ3n) is 12.7. The van der Waals surface area contributed by atoms with Crippen LogP contribution in [0.5, 0.6) is 6.01 Å². The number of nitrogens with zero attached hydrogens (tertiary/aromatic N) is 9. The van der Waals surface area contributed by atoms with Gasteiger partial charge in [0.1, 0.15) is 29.6 Å². The van der Waals surface area contributed by atoms with E-state index in [0.717, 1.165) is 74.7 Å². The average molecular weight is 909 g/mol. The number of nitrogens with two attached hydrogens (primary N) is 2. The lowest BCUT2D eigenvalue weighted by molar-refractivity contribution is -0.137. The highest BCUT2D eigenvalue weighted by molar-refractivity contribution is 6.34. The minimum atomic E-state index is -4.86. The number of carbonyl (C=O) groups is 1. The second-order valence-corrected chi connectivity index (χ2v) is 17.5. The molecule has 4 unspecified atom stereocenters. The standard InChI is InChI=1S/C29H32ClF4N7O2.C16H25N5/c1-5-21(42)40-9-10-41(16(3)13-40)27-18-12-19(30)22(26-23(29(32,33)34)15(2)11-20(35)36-26)24(31)25(18)37-28(38-27)43-14-17-7-6-8-39(17)4;1-3-11(4-2)14-10-16(19-13-6-5-12(17)9-13)21-15(20-14)7-8-18-21/h5,11-12,16-17H,1,6-10,13-14H2,2-4H3,(H2,35,36);7-8,10-13,19H,3-6,9,17H2,1-2H3. The van der Waals surface area contributed by atoms with Crippen molar-refractivity contribution < 1.29 is 27.1 Å². The van der Waals surface area contributed by atoms with Gasteiger partial charge in [0.2, 0.25) is 5.91 Å². The molecule has 1 saturated carbocycles. The van der Waals surface area contributed by atoms with Crippen molar-refractivity contribution in [2.24, 2.45) is 5.73 Å². The zero-order valence-corrected chi connectivity index (χ0v) is 37.7. The van der Waals surface area contributed by atoms with Gasteiger partial charge in [-0.1, -0.05) is 32.0 Å². The SMILES string of the molecule is C=CC(=O)N1CCN(c2nc(OCC3CCCN3C)nc3c(F)c(-c4nc(N)cc(C)c4C(F)(F)F)c(Cl)cc23)C(C)C1.CCC(CC)c1cc(NC2CCC(N)C2)n2nccc2n1. The summed E-state index contributed by atoms with van der Waals surface area (Å²) in [6, 6.07) is 7.05. The molecule has 64 heavy (non-hydrogen) atoms. The molecule has 4 atom stereocenters. The number of carbonyl (C=O) groups excluding carboxylic acids is 1. The molecule has 2 saturated heterocycles. The Morgan fingerprint density at radius 3 is 2.50 bits per heavy atom. The van der Waals surface area contributed by atoms with Crippen LogP contribution in [0.4, 0.5) is 35.0 Å². The highest BCUT2D eigenvalue weighted by Crippen LogP contribution is 2.45. The lowest BCUT2D eigenvalue weighted by Crippen LogP contribution is -2.53. The van der Waals surface area contributed by atoms with E-state index < -0.39 is 28.8 Å². The Morgan fingerprint density at radius 1 is 1.09 bits per heavy atom. The monoisotopic (exact) mass is 908 g/mol. The molecule has 5 aromatic rings. The van der Waals surface area contributed by atoms with Crippen LogP contribution in [0.3, 0.4) is 0 Å². The van der Waals surface area contributed by atoms with Crippen LogP contribution >= 0.6 is 11.6 Å². The number of piperazine rings is 1. The van der Waals surface area contributed by atoms with Gasteiger partial charge in [0.15, 0.2) is 11.5 Å². The third kappa shape index (κ3) is 9.83. The lowest BCUT2D eigenvalue weighted by Gasteiger charge is -2.40. The molecule has 0 spiro atoms. The van der Waals surface area contributed by atoms with E-state index in [1.807, 2.05) is 35.6 Å². The number of alkyl halides is 3. The van der Waals surface area contributed by atoms with Crippen LogP contribution in [-0.2, 0) is 11.0 Å². The number of likely N-dealkylation sites (tertiary alicyclic amines) is 1. The van der Waals surface area contributed by atoms with Crippen LogP contribution in [-0.4, -0.2) is 109 Å². The number of hydrogen-bond acceptors (Lipinski definition) is 12. The molecule has 4 aromatic heterocycles. The highest BCUT2D eigenvalue weighted by Gasteiger charge is 2.39. The van der Waals surface area contributed by atoms with Crippen LogP contribution in [0.1, 0.15) is 88.5 Å². The fourth-order valence-corrected chi connectivity index (χ4v) is 9.45. The molecule has 19 heteroatoms. The Hall–Kier alpha value is -5.33. The van der Waals surface area contributed by atoms with Crippen LogP contribution in [0, 0.1) is 12.7 Å². The first kappa shape index (κ1) is 46.7. The van der Waals surface area contributed by atoms with Crippen molar-refractivity contribution in [1.82, 2.24) is 39.3 Å². The van der Waals surface area contributed by atoms with Gasteiger partial charge in [0.05, 0.1) is 28.0 Å². The maximum Gasteiger partial charge on any atom is 0.418 e. The molecule has 0 radical (unpaired) electrons. The Morgan fingerprint density at radius 2 is 1.86 bits per heavy atom. The van der Waals surface area contributed by atoms with Crippen molar-refractivity contribution in [2.75, 3.05) is 55.8 Å². The number of hydrogen-bond donors (Lipinski definition) is 3. The topological polar surface area (TPSA) is 169 Å². The molecule has 1 aromatic carbocycles. The lowest BCUT2D eigenvalue weighted by atomic mass is 9.99. The summed E-state index contributed by atoms with van der Waals surface area (Å²) < 4.78 is 66.9. The van der Waals surface area contributed by atoms with Crippen molar-refractivity contribution in [2.45, 2.75) is 109 Å². The second-order valence-electron chi connectivity index (χ2n) is 17.1. The van der Waals surface area contributed by atoms with Gasteiger partial charge in [0, 0.05) is 72.9 Å². The van der Waals surface area contributed by atoms with Gasteiger partial charge in [0.25, 0.3) is 0 Å². The molecule has 3 fully saturated rings. The maximum atomic E-state index is 16.5. The normalized spacial score (nSPS) is 20.6. The van der Waals surface area contributed by atoms with Crippen LogP contribution in [0.2, 0.25) is 5.02 Å². The van der Waals surface area contributed by atoms with E-state index >= 15 is 4.39 Å². The fraction of sp³-hybridized carbons (Fsp3) is 0.511. The number of amides is 1. The molecular formula is C45H57ClF4N12O2. The average Bonchev–Trinajstić information content (AvgIpc) is 4.01. The summed E-state index contributed by atoms with van der Waals surface area (Å²) >= 11 is 6.54. The van der Waals surface area contributed by atoms with Gasteiger partial charge < -0.3 is 36.2 Å². The number of ether oxygens (including phenoxy) is 1. The van der Waals surface area contributed by atoms with Crippen molar-refractivity contribution >= 4 is 51.5 Å². The van der Waals surface area contributed by atoms with Crippen molar-refractivity contribution in [3.63, 3.8) is 0 Å². The minimum Gasteiger partial charge on any atom is -0.462 e. The number of benzene rings is 1. The van der Waals surface area contributed by atoms with Gasteiger partial charge in [-0.05, 0) is 96.2 Å². The number of nitrogen functional groups attached to an aromatic ring is 1. The Labute approximate surface area is 375 Å². The third-order valence-corrected chi connectivity index (χ3v) is 13.0. The summed E-state index contributed by atoms with van der Waals surface area (Å²) in [5.74, 6) is 0.309. The first-order chi connectivity index (χ1) is 30.5. The molecule has 344 valence electrons. The van der Waals surface area contributed by atoms with Gasteiger partial charge in [-0.15, -0.1) is 0 Å². The first-order valence-electron chi connectivity index (χ1n) is 21.9. The van der Waals surface area contributed by atoms with Crippen LogP contribution < -0.4 is 26.4 Å². The zero-order valence-electron chi connectivity index (χ0n) is 36.9. The molecule has 1 aliphatic carbocycles. The molecule has 0 bridgehead atoms. The van der Waals surface area contributed by atoms with E-state index in [-0.39, 0.29) is 63.7 Å². The van der Waals surface area contributed by atoms with E-state index in [9.17, 15) is 18.0 Å². The Bertz CT molecular complexity index is 2500. The molecule has 2 aliphatic heterocycles. The van der Waals surface area contributed by atoms with Crippen molar-refractivity contribution in [3.05, 3.63) is 70.8 Å². The summed E-state index contributed by atoms with van der Waals surface area (Å²) in [6.45, 7) is 13.3. The number of anilines is 3. The quantitative estimate of drug-likeness (QED) is 0.0864. The van der Waals surface area contributed by atoms with E-state index in [4.69, 9.17) is 32.8 Å². The number of nitrogens with one attached hydrogen (secondary N) is 1. The molecular weight excluding hydrogens is 852 g/mol. The van der Waals surface area contributed by atoms with Gasteiger partial charge >= 0.3 is 12.2 Å². The summed E-state index contributed by atoms with van der Waals surface area (Å²) in [4.78, 5) is 35.5. The first-order valence-corrected chi connectivity index (χ1v) is 22.3. The number of pyridine rings is 1. The Balaban J connectivity index is 0.000000243. The number of fused-ring (bicyclic) bond motifs is 2. The van der Waals surface area contributed by atoms with Gasteiger partial charge in [-0.25, -0.2) is 14.4 Å². The number of aromatic nitrogens is 6. The summed E-state index contributed by atoms with van der Waals surface area (Å²) in [6.07, 6.45) is 5.59. The Kier molecular flexibility index (Phi) is 14.2. The molecule has 3 aliphatic rings. The van der Waals surface area contributed by atoms with Crippen LogP contribution in [0.15, 0.2) is 43.1 Å². The number of rotatable bonds is 11. The maximum absolute atomic E-state index is 16.5. The van der Waals surface area contributed by atoms with E-state index in [1.54, 1.807) is 4.90 Å². The summed E-state index contributed by atoms with van der Waals surface area (Å²) in [7, 11) is 1.98. The molecule has 6 heterocycles. The highest BCUT2D eigenvalue weighted by atomic mass is 35.5. The minimum absolute atomic E-state index is 0.106. The van der Waals surface area contributed by atoms with E-state index in [1.165, 1.54) is 19.1 Å². The molecule has 1 amide bonds. The van der Waals surface area contributed by atoms with Crippen molar-refractivity contribution in [3.8, 4) is 17.3 Å². The number of halogens is 5. The zero-order chi connectivity index (χ0) is 46.0. The van der Waals surface area contributed by atoms with Gasteiger partial charge in [-0.3, -0.25) is 4.79 Å². The smallest absolute Gasteiger partial charge is 0.418 e. The predicted molar refractivity (Wildman–Crippen MR) is 242 cm³/mol. The number of likely N-dealkylation sites (N-methyl/N-ethyl adjacent to an activating group) is 1. The fourth-order valence-electron chi connectivity index (χ4n) is 9.17. The largest absolute Gasteiger partial charge is 0.462 e. The molecule has 8 rings (SSSR count). The summed E-state index contributed by atoms with van der Waals surface area (Å²) in [5, 5.41) is 7.89. The predicted octanol–water partition coefficient (Wildman–Crippen LogP) is 8.01. The second kappa shape index (κ2) is 19.4. The van der Waals surface area contributed by atoms with E-state index in [2.05, 4.69) is 56.8 Å². The molecule has 5 N–H and O–H groups in total. The molecule has 14 nitrogen and oxygen atoms in total. The van der Waals surface area contributed by atoms with Crippen LogP contribution in [0.25, 0.3) is 27.8 Å².